The summed E-state index contributed by atoms with van der Waals surface area (Å²) in [6, 6.07) is 4.38. The molecule has 1 saturated heterocycles. The molecule has 9 rings (SSSR count). The standard InChI is InChI=1S/C29H37NO4/c1-25(2)8-9-27(23(25)32)16-26-10-11-29(27,33-3)24-28(26)12-13-30(15-17-4-5-17)20(26)14-18-6-7-19(31)22(34-24)21(18)28/h6-7,10-11,17,20,23-24,31-32H,4-5,8-9,12-16H2,1-3H3/t20-,23+,24+,26-,27-,28+,29+/m1/s1. The van der Waals surface area contributed by atoms with Crippen molar-refractivity contribution >= 4 is 0 Å². The molecule has 0 amide bonds. The van der Waals surface area contributed by atoms with Gasteiger partial charge in [-0.1, -0.05) is 32.1 Å². The number of nitrogens with zero attached hydrogens (tertiary/aromatic N) is 1. The predicted molar refractivity (Wildman–Crippen MR) is 128 cm³/mol. The third-order valence-corrected chi connectivity index (χ3v) is 11.8. The second kappa shape index (κ2) is 5.87. The van der Waals surface area contributed by atoms with Crippen LogP contribution in [0.15, 0.2) is 24.3 Å². The lowest BCUT2D eigenvalue weighted by atomic mass is 9.33. The van der Waals surface area contributed by atoms with Crippen LogP contribution in [0, 0.1) is 22.2 Å². The summed E-state index contributed by atoms with van der Waals surface area (Å²) in [6.45, 7) is 6.69. The van der Waals surface area contributed by atoms with Crippen molar-refractivity contribution < 1.29 is 19.7 Å². The van der Waals surface area contributed by atoms with Crippen molar-refractivity contribution in [3.8, 4) is 11.5 Å². The number of methoxy groups -OCH3 is 1. The smallest absolute Gasteiger partial charge is 0.165 e. The van der Waals surface area contributed by atoms with E-state index in [1.807, 2.05) is 13.2 Å². The van der Waals surface area contributed by atoms with Gasteiger partial charge >= 0.3 is 0 Å². The summed E-state index contributed by atoms with van der Waals surface area (Å²) in [7, 11) is 1.81. The Balaban J connectivity index is 1.42. The second-order valence-corrected chi connectivity index (χ2v) is 13.4. The van der Waals surface area contributed by atoms with Gasteiger partial charge in [0.05, 0.1) is 11.5 Å². The first kappa shape index (κ1) is 20.6. The van der Waals surface area contributed by atoms with E-state index in [1.165, 1.54) is 30.5 Å². The van der Waals surface area contributed by atoms with E-state index in [-0.39, 0.29) is 33.5 Å². The summed E-state index contributed by atoms with van der Waals surface area (Å²) >= 11 is 0. The van der Waals surface area contributed by atoms with Crippen LogP contribution < -0.4 is 4.74 Å². The van der Waals surface area contributed by atoms with Gasteiger partial charge < -0.3 is 19.7 Å². The SMILES string of the molecule is CO[C@]12C=C[C@@]3(C[C@@]14CCC(C)(C)[C@@H]4O)[C@H]1Cc4ccc(O)c5c4[C@@]3(CCN1CC1CC1)[C@@H]2O5. The van der Waals surface area contributed by atoms with E-state index in [9.17, 15) is 10.2 Å². The molecule has 3 saturated carbocycles. The molecule has 6 aliphatic carbocycles. The lowest BCUT2D eigenvalue weighted by molar-refractivity contribution is -0.273. The fourth-order valence-corrected chi connectivity index (χ4v) is 10.2. The second-order valence-electron chi connectivity index (χ2n) is 13.4. The number of hydrogen-bond acceptors (Lipinski definition) is 5. The minimum absolute atomic E-state index is 0.113. The van der Waals surface area contributed by atoms with Crippen LogP contribution in [0.4, 0.5) is 0 Å². The maximum absolute atomic E-state index is 12.0. The molecule has 7 atom stereocenters. The minimum Gasteiger partial charge on any atom is -0.504 e. The van der Waals surface area contributed by atoms with E-state index in [2.05, 4.69) is 37.0 Å². The quantitative estimate of drug-likeness (QED) is 0.665. The molecule has 5 heteroatoms. The number of piperidine rings is 1. The molecule has 5 nitrogen and oxygen atoms in total. The Bertz CT molecular complexity index is 1140. The van der Waals surface area contributed by atoms with Crippen molar-refractivity contribution in [3.05, 3.63) is 35.4 Å². The highest BCUT2D eigenvalue weighted by molar-refractivity contribution is 5.65. The molecular formula is C29H37NO4. The van der Waals surface area contributed by atoms with E-state index < -0.39 is 11.7 Å². The van der Waals surface area contributed by atoms with Crippen molar-refractivity contribution in [2.45, 2.75) is 88.1 Å². The van der Waals surface area contributed by atoms with Crippen LogP contribution in [0.3, 0.4) is 0 Å². The van der Waals surface area contributed by atoms with Crippen molar-refractivity contribution in [1.29, 1.82) is 0 Å². The van der Waals surface area contributed by atoms with E-state index in [0.29, 0.717) is 11.8 Å². The molecule has 2 aliphatic heterocycles. The molecule has 0 aromatic heterocycles. The highest BCUT2D eigenvalue weighted by Gasteiger charge is 2.84. The number of aromatic hydroxyl groups is 1. The van der Waals surface area contributed by atoms with Gasteiger partial charge in [0.15, 0.2) is 11.5 Å². The maximum atomic E-state index is 12.0. The first-order valence-electron chi connectivity index (χ1n) is 13.4. The number of hydrogen-bond donors (Lipinski definition) is 2. The summed E-state index contributed by atoms with van der Waals surface area (Å²) in [5.41, 5.74) is 1.04. The van der Waals surface area contributed by atoms with Gasteiger partial charge in [-0.25, -0.2) is 0 Å². The lowest BCUT2D eigenvalue weighted by Crippen LogP contribution is -2.82. The van der Waals surface area contributed by atoms with E-state index in [4.69, 9.17) is 9.47 Å². The Morgan fingerprint density at radius 3 is 2.68 bits per heavy atom. The Hall–Kier alpha value is -1.56. The number of phenols is 1. The molecule has 2 heterocycles. The van der Waals surface area contributed by atoms with Gasteiger partial charge in [-0.15, -0.1) is 0 Å². The highest BCUT2D eigenvalue weighted by Crippen LogP contribution is 2.79. The van der Waals surface area contributed by atoms with Crippen molar-refractivity contribution in [2.75, 3.05) is 20.2 Å². The van der Waals surface area contributed by atoms with Crippen LogP contribution in [0.25, 0.3) is 0 Å². The van der Waals surface area contributed by atoms with E-state index >= 15 is 0 Å². The molecule has 1 aromatic rings. The van der Waals surface area contributed by atoms with Crippen LogP contribution in [0.2, 0.25) is 0 Å². The van der Waals surface area contributed by atoms with E-state index in [0.717, 1.165) is 44.6 Å². The Morgan fingerprint density at radius 1 is 1.15 bits per heavy atom. The average Bonchev–Trinajstić information content (AvgIpc) is 3.52. The fourth-order valence-electron chi connectivity index (χ4n) is 10.2. The largest absolute Gasteiger partial charge is 0.504 e. The molecule has 8 aliphatic rings. The number of rotatable bonds is 3. The van der Waals surface area contributed by atoms with Gasteiger partial charge in [-0.2, -0.15) is 0 Å². The van der Waals surface area contributed by atoms with Gasteiger partial charge in [0.1, 0.15) is 11.7 Å². The van der Waals surface area contributed by atoms with Crippen molar-refractivity contribution in [2.24, 2.45) is 22.2 Å². The maximum Gasteiger partial charge on any atom is 0.165 e. The van der Waals surface area contributed by atoms with Crippen LogP contribution in [-0.4, -0.2) is 59.2 Å². The first-order valence-corrected chi connectivity index (χ1v) is 13.4. The van der Waals surface area contributed by atoms with Gasteiger partial charge in [0.2, 0.25) is 0 Å². The highest BCUT2D eigenvalue weighted by atomic mass is 16.6. The van der Waals surface area contributed by atoms with Crippen molar-refractivity contribution in [3.63, 3.8) is 0 Å². The topological polar surface area (TPSA) is 62.2 Å². The summed E-state index contributed by atoms with van der Waals surface area (Å²) in [6.07, 6.45) is 11.8. The Labute approximate surface area is 202 Å². The zero-order chi connectivity index (χ0) is 23.3. The molecule has 34 heavy (non-hydrogen) atoms. The number of aliphatic hydroxyl groups excluding tert-OH is 1. The molecule has 4 bridgehead atoms. The number of phenolic OH excluding ortho intramolecular Hbond substituents is 1. The van der Waals surface area contributed by atoms with Gasteiger partial charge in [-0.05, 0) is 74.5 Å². The molecule has 0 unspecified atom stereocenters. The van der Waals surface area contributed by atoms with Crippen LogP contribution in [0.1, 0.15) is 63.5 Å². The normalized spacial score (nSPS) is 48.9. The molecule has 2 N–H and O–H groups in total. The summed E-state index contributed by atoms with van der Waals surface area (Å²) in [5.74, 6) is 1.79. The van der Waals surface area contributed by atoms with Gasteiger partial charge in [-0.3, -0.25) is 4.90 Å². The van der Waals surface area contributed by atoms with Gasteiger partial charge in [0.25, 0.3) is 0 Å². The zero-order valence-electron chi connectivity index (χ0n) is 20.6. The van der Waals surface area contributed by atoms with Crippen molar-refractivity contribution in [1.82, 2.24) is 4.90 Å². The zero-order valence-corrected chi connectivity index (χ0v) is 20.6. The third-order valence-electron chi connectivity index (χ3n) is 11.8. The Kier molecular flexibility index (Phi) is 3.56. The van der Waals surface area contributed by atoms with Crippen LogP contribution in [0.5, 0.6) is 11.5 Å². The average molecular weight is 464 g/mol. The molecule has 0 radical (unpaired) electrons. The lowest BCUT2D eigenvalue weighted by Gasteiger charge is -2.74. The predicted octanol–water partition coefficient (Wildman–Crippen LogP) is 3.94. The van der Waals surface area contributed by atoms with Crippen LogP contribution >= 0.6 is 0 Å². The molecule has 1 aromatic carbocycles. The molecular weight excluding hydrogens is 426 g/mol. The number of likely N-dealkylation sites (tertiary alicyclic amines) is 1. The summed E-state index contributed by atoms with van der Waals surface area (Å²) in [5, 5.41) is 23.0. The molecule has 4 fully saturated rings. The number of aliphatic hydroxyl groups is 1. The molecule has 182 valence electrons. The Morgan fingerprint density at radius 2 is 1.97 bits per heavy atom. The number of ether oxygens (including phenoxy) is 2. The first-order chi connectivity index (χ1) is 16.2. The third kappa shape index (κ3) is 1.91. The summed E-state index contributed by atoms with van der Waals surface area (Å²) in [4.78, 5) is 2.80. The van der Waals surface area contributed by atoms with E-state index in [1.54, 1.807) is 0 Å². The monoisotopic (exact) mass is 463 g/mol. The van der Waals surface area contributed by atoms with Crippen LogP contribution in [-0.2, 0) is 16.6 Å². The number of benzene rings is 1. The minimum atomic E-state index is -0.703. The summed E-state index contributed by atoms with van der Waals surface area (Å²) < 4.78 is 13.5. The van der Waals surface area contributed by atoms with Gasteiger partial charge in [0, 0.05) is 36.1 Å². The fraction of sp³-hybridized carbons (Fsp3) is 0.724. The molecule has 3 spiro atoms.